The van der Waals surface area contributed by atoms with Crippen LogP contribution in [0.2, 0.25) is 0 Å². The van der Waals surface area contributed by atoms with Crippen molar-refractivity contribution in [2.45, 2.75) is 89.6 Å². The van der Waals surface area contributed by atoms with Crippen molar-refractivity contribution in [2.75, 3.05) is 43.1 Å². The summed E-state index contributed by atoms with van der Waals surface area (Å²) in [5, 5.41) is 9.37. The molecular formula is C38H48F2N8O5. The van der Waals surface area contributed by atoms with Gasteiger partial charge in [-0.2, -0.15) is 9.97 Å². The number of para-hydroxylation sites is 2. The number of imidazole rings is 1. The van der Waals surface area contributed by atoms with Crippen LogP contribution in [-0.2, 0) is 25.6 Å². The summed E-state index contributed by atoms with van der Waals surface area (Å²) in [5.41, 5.74) is 1.28. The molecule has 0 radical (unpaired) electrons. The molecule has 0 spiro atoms. The maximum atomic E-state index is 14.3. The van der Waals surface area contributed by atoms with Gasteiger partial charge in [-0.05, 0) is 64.2 Å². The Morgan fingerprint density at radius 3 is 2.36 bits per heavy atom. The molecule has 2 amide bonds. The fourth-order valence-electron chi connectivity index (χ4n) is 6.52. The highest BCUT2D eigenvalue weighted by Gasteiger charge is 2.29. The molecule has 0 unspecified atom stereocenters. The summed E-state index contributed by atoms with van der Waals surface area (Å²) in [7, 11) is 0. The topological polar surface area (TPSA) is 145 Å². The summed E-state index contributed by atoms with van der Waals surface area (Å²) < 4.78 is 46.8. The fraction of sp³-hybridized carbons (Fsp3) is 0.500. The molecule has 3 heterocycles. The third-order valence-electron chi connectivity index (χ3n) is 9.10. The van der Waals surface area contributed by atoms with Crippen molar-refractivity contribution in [2.24, 2.45) is 0 Å². The van der Waals surface area contributed by atoms with E-state index in [0.717, 1.165) is 18.4 Å². The molecule has 4 aromatic rings. The fourth-order valence-corrected chi connectivity index (χ4v) is 6.52. The number of nitrogens with one attached hydrogen (secondary N) is 3. The van der Waals surface area contributed by atoms with Gasteiger partial charge >= 0.3 is 6.09 Å². The third kappa shape index (κ3) is 10.4. The molecule has 15 heteroatoms. The predicted octanol–water partition coefficient (Wildman–Crippen LogP) is 5.93. The molecule has 1 saturated carbocycles. The van der Waals surface area contributed by atoms with Crippen molar-refractivity contribution in [3.63, 3.8) is 0 Å². The smallest absolute Gasteiger partial charge is 0.408 e. The Morgan fingerprint density at radius 2 is 1.64 bits per heavy atom. The average molecular weight is 735 g/mol. The number of ether oxygens (including phenoxy) is 3. The van der Waals surface area contributed by atoms with Crippen LogP contribution in [-0.4, -0.2) is 88.2 Å². The van der Waals surface area contributed by atoms with E-state index in [2.05, 4.69) is 20.9 Å². The lowest BCUT2D eigenvalue weighted by molar-refractivity contribution is -0.124. The highest BCUT2D eigenvalue weighted by molar-refractivity contribution is 5.86. The molecule has 53 heavy (non-hydrogen) atoms. The zero-order valence-electron chi connectivity index (χ0n) is 30.4. The van der Waals surface area contributed by atoms with Gasteiger partial charge in [-0.1, -0.05) is 42.5 Å². The van der Waals surface area contributed by atoms with E-state index in [0.29, 0.717) is 74.4 Å². The van der Waals surface area contributed by atoms with E-state index in [9.17, 15) is 18.4 Å². The first-order chi connectivity index (χ1) is 25.5. The lowest BCUT2D eigenvalue weighted by atomic mass is 9.91. The van der Waals surface area contributed by atoms with Gasteiger partial charge in [0.15, 0.2) is 5.82 Å². The van der Waals surface area contributed by atoms with Crippen LogP contribution in [0.3, 0.4) is 0 Å². The number of alkyl carbamates (subject to hydrolysis) is 1. The Hall–Kier alpha value is -4.89. The summed E-state index contributed by atoms with van der Waals surface area (Å²) in [6, 6.07) is 17.5. The second-order valence-corrected chi connectivity index (χ2v) is 14.3. The van der Waals surface area contributed by atoms with Gasteiger partial charge in [0.2, 0.25) is 11.9 Å². The van der Waals surface area contributed by atoms with Crippen LogP contribution < -0.4 is 20.9 Å². The molecule has 284 valence electrons. The quantitative estimate of drug-likeness (QED) is 0.142. The van der Waals surface area contributed by atoms with E-state index >= 15 is 0 Å². The van der Waals surface area contributed by atoms with Gasteiger partial charge in [0.05, 0.1) is 30.9 Å². The molecule has 1 aliphatic carbocycles. The van der Waals surface area contributed by atoms with Gasteiger partial charge in [0, 0.05) is 44.3 Å². The largest absolute Gasteiger partial charge is 0.444 e. The minimum Gasteiger partial charge on any atom is -0.444 e. The number of carbonyl (C=O) groups is 2. The summed E-state index contributed by atoms with van der Waals surface area (Å²) in [6.45, 7) is 8.13. The van der Waals surface area contributed by atoms with Crippen molar-refractivity contribution in [3.8, 4) is 5.82 Å². The van der Waals surface area contributed by atoms with Gasteiger partial charge in [-0.15, -0.1) is 0 Å². The Balaban J connectivity index is 1.11. The number of hydrogen-bond acceptors (Lipinski definition) is 10. The first-order valence-corrected chi connectivity index (χ1v) is 18.2. The van der Waals surface area contributed by atoms with E-state index in [4.69, 9.17) is 24.2 Å². The number of alkyl halides is 2. The summed E-state index contributed by atoms with van der Waals surface area (Å²) in [5.74, 6) is 0.545. The lowest BCUT2D eigenvalue weighted by Gasteiger charge is -2.32. The third-order valence-corrected chi connectivity index (χ3v) is 9.10. The Bertz CT molecular complexity index is 1820. The van der Waals surface area contributed by atoms with Crippen LogP contribution in [0.25, 0.3) is 16.9 Å². The number of nitrogens with zero attached hydrogens (tertiary/aromatic N) is 5. The van der Waals surface area contributed by atoms with Crippen molar-refractivity contribution in [1.82, 2.24) is 30.2 Å². The van der Waals surface area contributed by atoms with Crippen LogP contribution in [0, 0.1) is 0 Å². The molecule has 2 aliphatic rings. The SMILES string of the molecule is CC(C)(C)OC(=O)N[C@H](CCOCc1ccccc1)C(=O)N[C@H]1CC[C@H](Nc2cc(-n3c(C(F)F)nc4ccccc43)nc(N3CCOCC3)n2)CC1. The molecule has 6 rings (SSSR count). The molecule has 2 aromatic carbocycles. The molecule has 0 bridgehead atoms. The number of fused-ring (bicyclic) bond motifs is 1. The number of carbonyl (C=O) groups excluding carboxylic acids is 2. The van der Waals surface area contributed by atoms with Crippen LogP contribution in [0.15, 0.2) is 60.7 Å². The highest BCUT2D eigenvalue weighted by atomic mass is 19.3. The predicted molar refractivity (Wildman–Crippen MR) is 196 cm³/mol. The Kier molecular flexibility index (Phi) is 12.3. The van der Waals surface area contributed by atoms with Crippen LogP contribution in [0.4, 0.5) is 25.3 Å². The molecule has 13 nitrogen and oxygen atoms in total. The molecule has 1 aliphatic heterocycles. The number of hydrogen-bond donors (Lipinski definition) is 3. The van der Waals surface area contributed by atoms with E-state index in [1.165, 1.54) is 4.57 Å². The van der Waals surface area contributed by atoms with E-state index < -0.39 is 24.2 Å². The molecule has 1 saturated heterocycles. The standard InChI is InChI=1S/C38H48F2N8O5/c1-38(2,3)53-37(50)44-29(17-20-52-24-25-9-5-4-6-10-25)35(49)42-27-15-13-26(14-16-27)41-31-23-32(46-36(45-31)47-18-21-51-22-19-47)48-30-12-8-7-11-28(30)43-34(48)33(39)40/h4-12,23,26-27,29,33H,13-22,24H2,1-3H3,(H,42,49)(H,44,50)(H,41,45,46)/t26-,27-,29-/m1/s1. The normalized spacial score (nSPS) is 18.5. The van der Waals surface area contributed by atoms with E-state index in [1.807, 2.05) is 35.2 Å². The van der Waals surface area contributed by atoms with Gasteiger partial charge in [-0.3, -0.25) is 9.36 Å². The maximum absolute atomic E-state index is 14.3. The lowest BCUT2D eigenvalue weighted by Crippen LogP contribution is -2.52. The van der Waals surface area contributed by atoms with Gasteiger partial charge < -0.3 is 35.1 Å². The van der Waals surface area contributed by atoms with Gasteiger partial charge in [0.1, 0.15) is 23.3 Å². The summed E-state index contributed by atoms with van der Waals surface area (Å²) in [4.78, 5) is 41.9. The van der Waals surface area contributed by atoms with E-state index in [1.54, 1.807) is 51.1 Å². The zero-order valence-corrected chi connectivity index (χ0v) is 30.4. The summed E-state index contributed by atoms with van der Waals surface area (Å²) in [6.07, 6.45) is -0.400. The first kappa shape index (κ1) is 37.9. The summed E-state index contributed by atoms with van der Waals surface area (Å²) >= 11 is 0. The van der Waals surface area contributed by atoms with Crippen molar-refractivity contribution < 1.29 is 32.6 Å². The maximum Gasteiger partial charge on any atom is 0.408 e. The molecular weight excluding hydrogens is 686 g/mol. The van der Waals surface area contributed by atoms with Crippen LogP contribution in [0.5, 0.6) is 0 Å². The molecule has 2 aromatic heterocycles. The number of rotatable bonds is 13. The number of aromatic nitrogens is 4. The van der Waals surface area contributed by atoms with Crippen LogP contribution in [0.1, 0.15) is 70.7 Å². The van der Waals surface area contributed by atoms with Crippen molar-refractivity contribution >= 4 is 34.8 Å². The van der Waals surface area contributed by atoms with Crippen LogP contribution >= 0.6 is 0 Å². The minimum atomic E-state index is -2.81. The van der Waals surface area contributed by atoms with Gasteiger partial charge in [-0.25, -0.2) is 18.6 Å². The van der Waals surface area contributed by atoms with Crippen molar-refractivity contribution in [1.29, 1.82) is 0 Å². The minimum absolute atomic E-state index is 0.0135. The average Bonchev–Trinajstić information content (AvgIpc) is 3.54. The Labute approximate surface area is 307 Å². The number of benzene rings is 2. The second-order valence-electron chi connectivity index (χ2n) is 14.3. The number of morpholine rings is 1. The number of amides is 2. The molecule has 2 fully saturated rings. The zero-order chi connectivity index (χ0) is 37.4. The molecule has 1 atom stereocenters. The second kappa shape index (κ2) is 17.3. The van der Waals surface area contributed by atoms with Crippen molar-refractivity contribution in [3.05, 3.63) is 72.1 Å². The first-order valence-electron chi connectivity index (χ1n) is 18.2. The molecule has 3 N–H and O–H groups in total. The number of anilines is 2. The highest BCUT2D eigenvalue weighted by Crippen LogP contribution is 2.30. The Morgan fingerprint density at radius 1 is 0.943 bits per heavy atom. The van der Waals surface area contributed by atoms with Gasteiger partial charge in [0.25, 0.3) is 6.43 Å². The van der Waals surface area contributed by atoms with E-state index in [-0.39, 0.29) is 36.8 Å². The number of halogens is 2. The monoisotopic (exact) mass is 734 g/mol.